The summed E-state index contributed by atoms with van der Waals surface area (Å²) >= 11 is 6.35. The van der Waals surface area contributed by atoms with Crippen LogP contribution in [-0.4, -0.2) is 17.5 Å². The van der Waals surface area contributed by atoms with Crippen LogP contribution in [0.15, 0.2) is 71.1 Å². The number of amides is 1. The minimum absolute atomic E-state index is 0.226. The minimum Gasteiger partial charge on any atom is -0.493 e. The van der Waals surface area contributed by atoms with Crippen molar-refractivity contribution in [1.82, 2.24) is 4.98 Å². The molecule has 4 rings (SSSR count). The molecule has 0 unspecified atom stereocenters. The summed E-state index contributed by atoms with van der Waals surface area (Å²) in [6.45, 7) is 4.81. The van der Waals surface area contributed by atoms with Crippen molar-refractivity contribution in [2.75, 3.05) is 11.9 Å². The second-order valence-electron chi connectivity index (χ2n) is 7.36. The Balaban J connectivity index is 1.52. The van der Waals surface area contributed by atoms with Gasteiger partial charge in [0, 0.05) is 11.3 Å². The van der Waals surface area contributed by atoms with Gasteiger partial charge in [0.1, 0.15) is 11.3 Å². The number of halogens is 1. The summed E-state index contributed by atoms with van der Waals surface area (Å²) in [6.07, 6.45) is 0. The maximum atomic E-state index is 12.6. The van der Waals surface area contributed by atoms with Crippen molar-refractivity contribution < 1.29 is 13.9 Å². The molecule has 0 saturated carbocycles. The standard InChI is InChI=1S/C24H21ClN2O3/c1-15(2)14-29-18-10-7-16(8-11-18)23(28)26-17-9-12-20(25)19(13-17)24-27-21-5-3-4-6-22(21)30-24/h3-13,15H,14H2,1-2H3,(H,26,28). The molecule has 5 nitrogen and oxygen atoms in total. The largest absolute Gasteiger partial charge is 0.493 e. The lowest BCUT2D eigenvalue weighted by Crippen LogP contribution is -2.12. The molecule has 0 atom stereocenters. The summed E-state index contributed by atoms with van der Waals surface area (Å²) in [4.78, 5) is 17.1. The first kappa shape index (κ1) is 20.0. The van der Waals surface area contributed by atoms with E-state index in [1.54, 1.807) is 42.5 Å². The van der Waals surface area contributed by atoms with Crippen molar-refractivity contribution in [2.24, 2.45) is 5.92 Å². The second-order valence-corrected chi connectivity index (χ2v) is 7.77. The molecule has 6 heteroatoms. The number of nitrogens with zero attached hydrogens (tertiary/aromatic N) is 1. The molecular formula is C24H21ClN2O3. The van der Waals surface area contributed by atoms with Gasteiger partial charge in [-0.3, -0.25) is 4.79 Å². The lowest BCUT2D eigenvalue weighted by atomic mass is 10.1. The molecule has 0 radical (unpaired) electrons. The van der Waals surface area contributed by atoms with E-state index in [2.05, 4.69) is 24.1 Å². The lowest BCUT2D eigenvalue weighted by Gasteiger charge is -2.10. The van der Waals surface area contributed by atoms with Crippen LogP contribution < -0.4 is 10.1 Å². The van der Waals surface area contributed by atoms with Gasteiger partial charge in [0.25, 0.3) is 5.91 Å². The van der Waals surface area contributed by atoms with Crippen LogP contribution in [0.3, 0.4) is 0 Å². The number of rotatable bonds is 6. The zero-order valence-electron chi connectivity index (χ0n) is 16.7. The maximum Gasteiger partial charge on any atom is 0.255 e. The molecule has 0 fully saturated rings. The summed E-state index contributed by atoms with van der Waals surface area (Å²) < 4.78 is 11.5. The van der Waals surface area contributed by atoms with Crippen LogP contribution in [0.5, 0.6) is 5.75 Å². The monoisotopic (exact) mass is 420 g/mol. The summed E-state index contributed by atoms with van der Waals surface area (Å²) in [5, 5.41) is 3.38. The van der Waals surface area contributed by atoms with E-state index in [1.807, 2.05) is 24.3 Å². The van der Waals surface area contributed by atoms with Gasteiger partial charge in [-0.1, -0.05) is 37.6 Å². The molecule has 1 amide bonds. The average Bonchev–Trinajstić information content (AvgIpc) is 3.18. The van der Waals surface area contributed by atoms with Gasteiger partial charge in [0.05, 0.1) is 17.2 Å². The lowest BCUT2D eigenvalue weighted by molar-refractivity contribution is 0.102. The molecule has 0 saturated heterocycles. The van der Waals surface area contributed by atoms with E-state index >= 15 is 0 Å². The highest BCUT2D eigenvalue weighted by Crippen LogP contribution is 2.32. The van der Waals surface area contributed by atoms with Gasteiger partial charge < -0.3 is 14.5 Å². The Labute approximate surface area is 179 Å². The fourth-order valence-corrected chi connectivity index (χ4v) is 3.12. The van der Waals surface area contributed by atoms with E-state index in [9.17, 15) is 4.79 Å². The molecular weight excluding hydrogens is 400 g/mol. The molecule has 1 heterocycles. The molecule has 152 valence electrons. The summed E-state index contributed by atoms with van der Waals surface area (Å²) in [7, 11) is 0. The summed E-state index contributed by atoms with van der Waals surface area (Å²) in [5.74, 6) is 1.36. The van der Waals surface area contributed by atoms with E-state index < -0.39 is 0 Å². The number of ether oxygens (including phenoxy) is 1. The predicted molar refractivity (Wildman–Crippen MR) is 119 cm³/mol. The molecule has 0 aliphatic rings. The van der Waals surface area contributed by atoms with Crippen LogP contribution in [0.4, 0.5) is 5.69 Å². The van der Waals surface area contributed by atoms with Gasteiger partial charge in [0.15, 0.2) is 5.58 Å². The number of oxazole rings is 1. The Bertz CT molecular complexity index is 1150. The second kappa shape index (κ2) is 8.59. The Morgan fingerprint density at radius 1 is 1.10 bits per heavy atom. The van der Waals surface area contributed by atoms with E-state index in [0.717, 1.165) is 11.3 Å². The third-order valence-electron chi connectivity index (χ3n) is 4.45. The normalized spacial score (nSPS) is 11.1. The number of anilines is 1. The molecule has 0 aliphatic carbocycles. The first-order chi connectivity index (χ1) is 14.5. The highest BCUT2D eigenvalue weighted by molar-refractivity contribution is 6.33. The van der Waals surface area contributed by atoms with Crippen LogP contribution in [0.1, 0.15) is 24.2 Å². The van der Waals surface area contributed by atoms with Gasteiger partial charge >= 0.3 is 0 Å². The smallest absolute Gasteiger partial charge is 0.255 e. The highest BCUT2D eigenvalue weighted by Gasteiger charge is 2.14. The first-order valence-corrected chi connectivity index (χ1v) is 10.1. The number of fused-ring (bicyclic) bond motifs is 1. The van der Waals surface area contributed by atoms with Crippen molar-refractivity contribution in [3.8, 4) is 17.2 Å². The van der Waals surface area contributed by atoms with Crippen LogP contribution in [0, 0.1) is 5.92 Å². The number of benzene rings is 3. The Morgan fingerprint density at radius 3 is 2.60 bits per heavy atom. The fourth-order valence-electron chi connectivity index (χ4n) is 2.92. The Morgan fingerprint density at radius 2 is 1.87 bits per heavy atom. The van der Waals surface area contributed by atoms with Crippen molar-refractivity contribution in [3.05, 3.63) is 77.3 Å². The van der Waals surface area contributed by atoms with Gasteiger partial charge in [0.2, 0.25) is 5.89 Å². The molecule has 3 aromatic carbocycles. The molecule has 30 heavy (non-hydrogen) atoms. The quantitative estimate of drug-likeness (QED) is 0.390. The molecule has 4 aromatic rings. The number of aromatic nitrogens is 1. The number of carbonyl (C=O) groups excluding carboxylic acids is 1. The Kier molecular flexibility index (Phi) is 5.72. The SMILES string of the molecule is CC(C)COc1ccc(C(=O)Nc2ccc(Cl)c(-c3nc4ccccc4o3)c2)cc1. The molecule has 0 aliphatic heterocycles. The Hall–Kier alpha value is -3.31. The van der Waals surface area contributed by atoms with E-state index in [4.69, 9.17) is 20.8 Å². The predicted octanol–water partition coefficient (Wildman–Crippen LogP) is 6.44. The third-order valence-corrected chi connectivity index (χ3v) is 4.78. The zero-order valence-corrected chi connectivity index (χ0v) is 17.4. The van der Waals surface area contributed by atoms with E-state index in [1.165, 1.54) is 0 Å². The summed E-state index contributed by atoms with van der Waals surface area (Å²) in [5.41, 5.74) is 3.17. The van der Waals surface area contributed by atoms with Gasteiger partial charge in [-0.05, 0) is 60.5 Å². The first-order valence-electron chi connectivity index (χ1n) is 9.69. The van der Waals surface area contributed by atoms with Gasteiger partial charge in [-0.15, -0.1) is 0 Å². The van der Waals surface area contributed by atoms with E-state index in [0.29, 0.717) is 45.8 Å². The number of nitrogens with one attached hydrogen (secondary N) is 1. The minimum atomic E-state index is -0.226. The van der Waals surface area contributed by atoms with Gasteiger partial charge in [-0.2, -0.15) is 0 Å². The molecule has 0 spiro atoms. The van der Waals surface area contributed by atoms with Crippen molar-refractivity contribution in [1.29, 1.82) is 0 Å². The van der Waals surface area contributed by atoms with Crippen molar-refractivity contribution >= 4 is 34.3 Å². The fraction of sp³-hybridized carbons (Fsp3) is 0.167. The number of para-hydroxylation sites is 2. The number of hydrogen-bond donors (Lipinski definition) is 1. The van der Waals surface area contributed by atoms with Crippen LogP contribution >= 0.6 is 11.6 Å². The third kappa shape index (κ3) is 4.47. The highest BCUT2D eigenvalue weighted by atomic mass is 35.5. The van der Waals surface area contributed by atoms with E-state index in [-0.39, 0.29) is 5.91 Å². The van der Waals surface area contributed by atoms with Crippen LogP contribution in [0.2, 0.25) is 5.02 Å². The summed E-state index contributed by atoms with van der Waals surface area (Å²) in [6, 6.07) is 19.8. The number of hydrogen-bond acceptors (Lipinski definition) is 4. The molecule has 1 aromatic heterocycles. The average molecular weight is 421 g/mol. The zero-order chi connectivity index (χ0) is 21.1. The van der Waals surface area contributed by atoms with Crippen molar-refractivity contribution in [3.63, 3.8) is 0 Å². The topological polar surface area (TPSA) is 64.4 Å². The number of carbonyl (C=O) groups is 1. The van der Waals surface area contributed by atoms with Crippen LogP contribution in [-0.2, 0) is 0 Å². The molecule has 0 bridgehead atoms. The van der Waals surface area contributed by atoms with Crippen molar-refractivity contribution in [2.45, 2.75) is 13.8 Å². The molecule has 1 N–H and O–H groups in total. The van der Waals surface area contributed by atoms with Gasteiger partial charge in [-0.25, -0.2) is 4.98 Å². The maximum absolute atomic E-state index is 12.6. The van der Waals surface area contributed by atoms with Crippen LogP contribution in [0.25, 0.3) is 22.6 Å².